The van der Waals surface area contributed by atoms with Crippen molar-refractivity contribution in [1.82, 2.24) is 19.4 Å². The number of anilines is 1. The maximum atomic E-state index is 15.4. The molecule has 0 amide bonds. The third kappa shape index (κ3) is 5.86. The van der Waals surface area contributed by atoms with Gasteiger partial charge in [-0.15, -0.1) is 0 Å². The Hall–Kier alpha value is -4.43. The number of methoxy groups -OCH3 is 1. The standard InChI is InChI=1S/C28H29FN6O4/c1-28(2,36)17-38-22-11-24(35-19(13-30)15-31-25(35)12-22)18-10-23(29)27(33-14-18)34-8-6-20(7-9-34)39-21-4-5-26(37-3)32-16-21/h4-5,10-12,14-16,20,36H,6-9,17H2,1-3H3. The lowest BCUT2D eigenvalue weighted by molar-refractivity contribution is 0.0285. The molecule has 0 saturated carbocycles. The topological polar surface area (TPSA) is 118 Å². The van der Waals surface area contributed by atoms with Gasteiger partial charge in [0.15, 0.2) is 11.6 Å². The number of pyridine rings is 3. The minimum atomic E-state index is -1.04. The largest absolute Gasteiger partial charge is 0.490 e. The molecular formula is C28H29FN6O4. The van der Waals surface area contributed by atoms with Gasteiger partial charge in [-0.1, -0.05) is 0 Å². The molecule has 4 aromatic rings. The quantitative estimate of drug-likeness (QED) is 0.359. The van der Waals surface area contributed by atoms with Crippen LogP contribution in [0.1, 0.15) is 32.4 Å². The highest BCUT2D eigenvalue weighted by Gasteiger charge is 2.24. The summed E-state index contributed by atoms with van der Waals surface area (Å²) in [7, 11) is 1.56. The molecule has 5 rings (SSSR count). The summed E-state index contributed by atoms with van der Waals surface area (Å²) in [6, 6.07) is 10.4. The second kappa shape index (κ2) is 10.7. The van der Waals surface area contributed by atoms with Crippen molar-refractivity contribution in [2.75, 3.05) is 31.7 Å². The normalized spacial score (nSPS) is 14.3. The van der Waals surface area contributed by atoms with Crippen LogP contribution in [0.25, 0.3) is 16.9 Å². The first kappa shape index (κ1) is 26.2. The van der Waals surface area contributed by atoms with E-state index in [1.165, 1.54) is 12.3 Å². The number of fused-ring (bicyclic) bond motifs is 1. The Kier molecular flexibility index (Phi) is 7.21. The van der Waals surface area contributed by atoms with E-state index in [0.717, 1.165) is 0 Å². The van der Waals surface area contributed by atoms with E-state index in [-0.39, 0.29) is 18.5 Å². The van der Waals surface area contributed by atoms with Crippen molar-refractivity contribution >= 4 is 11.5 Å². The van der Waals surface area contributed by atoms with Gasteiger partial charge < -0.3 is 24.2 Å². The Morgan fingerprint density at radius 3 is 2.51 bits per heavy atom. The number of piperidine rings is 1. The van der Waals surface area contributed by atoms with Gasteiger partial charge in [0, 0.05) is 55.9 Å². The van der Waals surface area contributed by atoms with Crippen LogP contribution in [0, 0.1) is 17.1 Å². The van der Waals surface area contributed by atoms with Gasteiger partial charge in [-0.3, -0.25) is 4.40 Å². The van der Waals surface area contributed by atoms with E-state index in [1.807, 2.05) is 11.0 Å². The number of halogens is 1. The molecule has 0 spiro atoms. The minimum Gasteiger partial charge on any atom is -0.490 e. The second-order valence-corrected chi connectivity index (χ2v) is 10.00. The first-order valence-electron chi connectivity index (χ1n) is 12.6. The number of nitriles is 1. The number of ether oxygens (including phenoxy) is 3. The van der Waals surface area contributed by atoms with E-state index >= 15 is 4.39 Å². The number of hydrogen-bond donors (Lipinski definition) is 1. The van der Waals surface area contributed by atoms with Crippen LogP contribution in [0.4, 0.5) is 10.2 Å². The lowest BCUT2D eigenvalue weighted by Gasteiger charge is -2.33. The predicted octanol–water partition coefficient (Wildman–Crippen LogP) is 4.01. The van der Waals surface area contributed by atoms with Crippen molar-refractivity contribution in [2.45, 2.75) is 38.4 Å². The van der Waals surface area contributed by atoms with Crippen molar-refractivity contribution < 1.29 is 23.7 Å². The van der Waals surface area contributed by atoms with E-state index in [0.29, 0.717) is 65.9 Å². The van der Waals surface area contributed by atoms with Crippen LogP contribution in [-0.4, -0.2) is 63.0 Å². The lowest BCUT2D eigenvalue weighted by Crippen LogP contribution is -2.39. The van der Waals surface area contributed by atoms with Crippen LogP contribution in [0.3, 0.4) is 0 Å². The van der Waals surface area contributed by atoms with Crippen LogP contribution < -0.4 is 19.1 Å². The van der Waals surface area contributed by atoms with Gasteiger partial charge in [0.25, 0.3) is 0 Å². The highest BCUT2D eigenvalue weighted by Crippen LogP contribution is 2.31. The Morgan fingerprint density at radius 2 is 1.87 bits per heavy atom. The Labute approximate surface area is 225 Å². The van der Waals surface area contributed by atoms with Gasteiger partial charge in [-0.2, -0.15) is 5.26 Å². The molecule has 202 valence electrons. The summed E-state index contributed by atoms with van der Waals surface area (Å²) < 4.78 is 33.9. The summed E-state index contributed by atoms with van der Waals surface area (Å²) >= 11 is 0. The zero-order valence-corrected chi connectivity index (χ0v) is 22.0. The number of nitrogens with zero attached hydrogens (tertiary/aromatic N) is 6. The molecule has 1 aliphatic heterocycles. The fourth-order valence-electron chi connectivity index (χ4n) is 4.46. The van der Waals surface area contributed by atoms with Gasteiger partial charge in [0.1, 0.15) is 41.6 Å². The molecule has 39 heavy (non-hydrogen) atoms. The number of aliphatic hydroxyl groups is 1. The molecule has 0 unspecified atom stereocenters. The molecule has 4 aromatic heterocycles. The summed E-state index contributed by atoms with van der Waals surface area (Å²) in [6.45, 7) is 4.50. The third-order valence-corrected chi connectivity index (χ3v) is 6.37. The number of hydrogen-bond acceptors (Lipinski definition) is 9. The van der Waals surface area contributed by atoms with E-state index in [4.69, 9.17) is 14.2 Å². The fourth-order valence-corrected chi connectivity index (χ4v) is 4.46. The second-order valence-electron chi connectivity index (χ2n) is 10.00. The molecule has 1 fully saturated rings. The van der Waals surface area contributed by atoms with Gasteiger partial charge in [-0.05, 0) is 26.0 Å². The van der Waals surface area contributed by atoms with E-state index in [2.05, 4.69) is 21.0 Å². The summed E-state index contributed by atoms with van der Waals surface area (Å²) in [4.78, 5) is 14.8. The average molecular weight is 533 g/mol. The third-order valence-electron chi connectivity index (χ3n) is 6.37. The Balaban J connectivity index is 1.34. The summed E-state index contributed by atoms with van der Waals surface area (Å²) in [5, 5.41) is 19.6. The van der Waals surface area contributed by atoms with E-state index < -0.39 is 11.4 Å². The summed E-state index contributed by atoms with van der Waals surface area (Å²) in [6.07, 6.45) is 6.06. The van der Waals surface area contributed by atoms with Gasteiger partial charge in [0.05, 0.1) is 30.8 Å². The predicted molar refractivity (Wildman–Crippen MR) is 142 cm³/mol. The molecule has 11 heteroatoms. The molecule has 1 N–H and O–H groups in total. The maximum Gasteiger partial charge on any atom is 0.213 e. The highest BCUT2D eigenvalue weighted by atomic mass is 19.1. The molecule has 0 aliphatic carbocycles. The number of imidazole rings is 1. The van der Waals surface area contributed by atoms with E-state index in [1.54, 1.807) is 56.0 Å². The highest BCUT2D eigenvalue weighted by molar-refractivity contribution is 5.68. The molecule has 10 nitrogen and oxygen atoms in total. The van der Waals surface area contributed by atoms with Crippen LogP contribution in [-0.2, 0) is 0 Å². The lowest BCUT2D eigenvalue weighted by atomic mass is 10.1. The number of rotatable bonds is 8. The Bertz CT molecular complexity index is 1500. The van der Waals surface area contributed by atoms with Gasteiger partial charge in [-0.25, -0.2) is 19.3 Å². The van der Waals surface area contributed by atoms with Gasteiger partial charge in [0.2, 0.25) is 5.88 Å². The first-order chi connectivity index (χ1) is 18.7. The van der Waals surface area contributed by atoms with Crippen LogP contribution >= 0.6 is 0 Å². The zero-order valence-electron chi connectivity index (χ0n) is 22.0. The average Bonchev–Trinajstić information content (AvgIpc) is 3.35. The molecule has 0 aromatic carbocycles. The molecule has 1 aliphatic rings. The van der Waals surface area contributed by atoms with Crippen LogP contribution in [0.15, 0.2) is 48.9 Å². The van der Waals surface area contributed by atoms with Crippen LogP contribution in [0.2, 0.25) is 0 Å². The maximum absolute atomic E-state index is 15.4. The van der Waals surface area contributed by atoms with Crippen molar-refractivity contribution in [2.24, 2.45) is 0 Å². The molecule has 5 heterocycles. The van der Waals surface area contributed by atoms with Crippen molar-refractivity contribution in [3.63, 3.8) is 0 Å². The smallest absolute Gasteiger partial charge is 0.213 e. The van der Waals surface area contributed by atoms with Crippen molar-refractivity contribution in [1.29, 1.82) is 5.26 Å². The molecule has 0 bridgehead atoms. The van der Waals surface area contributed by atoms with Crippen molar-refractivity contribution in [3.8, 4) is 34.7 Å². The molecule has 0 radical (unpaired) electrons. The summed E-state index contributed by atoms with van der Waals surface area (Å²) in [5.74, 6) is 1.42. The van der Waals surface area contributed by atoms with Crippen LogP contribution in [0.5, 0.6) is 17.4 Å². The molecular weight excluding hydrogens is 503 g/mol. The summed E-state index contributed by atoms with van der Waals surface area (Å²) in [5.41, 5.74) is 0.694. The van der Waals surface area contributed by atoms with E-state index in [9.17, 15) is 10.4 Å². The molecule has 1 saturated heterocycles. The minimum absolute atomic E-state index is 0.00987. The molecule has 0 atom stereocenters. The SMILES string of the molecule is COc1ccc(OC2CCN(c3ncc(-c4cc(OCC(C)(C)O)cc5ncc(C#N)n45)cc3F)CC2)cn1. The fraction of sp³-hybridized carbons (Fsp3) is 0.357. The van der Waals surface area contributed by atoms with Crippen molar-refractivity contribution in [3.05, 3.63) is 60.4 Å². The zero-order chi connectivity index (χ0) is 27.6. The first-order valence-corrected chi connectivity index (χ1v) is 12.6. The Morgan fingerprint density at radius 1 is 1.08 bits per heavy atom. The van der Waals surface area contributed by atoms with Gasteiger partial charge >= 0.3 is 0 Å². The monoisotopic (exact) mass is 532 g/mol. The number of aromatic nitrogens is 4.